The number of hydrogen-bond donors (Lipinski definition) is 1. The molecule has 19 heavy (non-hydrogen) atoms. The summed E-state index contributed by atoms with van der Waals surface area (Å²) < 4.78 is 6.03. The molecule has 1 atom stereocenters. The van der Waals surface area contributed by atoms with Gasteiger partial charge in [0.15, 0.2) is 4.34 Å². The average Bonchev–Trinajstić information content (AvgIpc) is 2.72. The van der Waals surface area contributed by atoms with E-state index in [1.807, 2.05) is 34.6 Å². The number of ether oxygens (including phenoxy) is 1. The molecule has 0 saturated carbocycles. The monoisotopic (exact) mass is 303 g/mol. The van der Waals surface area contributed by atoms with Gasteiger partial charge in [-0.15, -0.1) is 10.2 Å². The Morgan fingerprint density at radius 1 is 1.53 bits per heavy atom. The molecule has 0 aliphatic heterocycles. The van der Waals surface area contributed by atoms with Gasteiger partial charge >= 0.3 is 5.97 Å². The highest BCUT2D eigenvalue weighted by Gasteiger charge is 2.35. The summed E-state index contributed by atoms with van der Waals surface area (Å²) in [6.07, 6.45) is 0. The molecule has 1 aromatic heterocycles. The molecule has 0 amide bonds. The zero-order valence-corrected chi connectivity index (χ0v) is 13.7. The van der Waals surface area contributed by atoms with Crippen molar-refractivity contribution in [1.82, 2.24) is 15.5 Å². The summed E-state index contributed by atoms with van der Waals surface area (Å²) in [7, 11) is 0. The van der Waals surface area contributed by atoms with Crippen molar-refractivity contribution >= 4 is 29.1 Å². The lowest BCUT2D eigenvalue weighted by Gasteiger charge is -2.29. The Balaban J connectivity index is 2.70. The summed E-state index contributed by atoms with van der Waals surface area (Å²) in [5, 5.41) is 12.2. The van der Waals surface area contributed by atoms with Gasteiger partial charge < -0.3 is 4.74 Å². The molecule has 1 heterocycles. The molecule has 7 heteroatoms. The van der Waals surface area contributed by atoms with E-state index < -0.39 is 5.54 Å². The molecule has 0 aromatic carbocycles. The van der Waals surface area contributed by atoms with Crippen LogP contribution in [-0.2, 0) is 9.53 Å². The van der Waals surface area contributed by atoms with Crippen molar-refractivity contribution in [1.29, 1.82) is 0 Å². The van der Waals surface area contributed by atoms with E-state index in [-0.39, 0.29) is 12.0 Å². The molecule has 1 aromatic rings. The van der Waals surface area contributed by atoms with E-state index >= 15 is 0 Å². The van der Waals surface area contributed by atoms with Gasteiger partial charge in [0.1, 0.15) is 10.5 Å². The minimum Gasteiger partial charge on any atom is -0.465 e. The zero-order valence-electron chi connectivity index (χ0n) is 12.0. The maximum absolute atomic E-state index is 12.1. The quantitative estimate of drug-likeness (QED) is 0.616. The molecule has 5 nitrogen and oxygen atoms in total. The summed E-state index contributed by atoms with van der Waals surface area (Å²) in [4.78, 5) is 12.1. The van der Waals surface area contributed by atoms with Crippen LogP contribution in [0.2, 0.25) is 0 Å². The fourth-order valence-corrected chi connectivity index (χ4v) is 3.53. The lowest BCUT2D eigenvalue weighted by Crippen LogP contribution is -2.55. The van der Waals surface area contributed by atoms with Crippen LogP contribution >= 0.6 is 23.1 Å². The number of thioether (sulfide) groups is 1. The van der Waals surface area contributed by atoms with Crippen molar-refractivity contribution < 1.29 is 9.53 Å². The van der Waals surface area contributed by atoms with Gasteiger partial charge in [-0.1, -0.05) is 23.1 Å². The SMILES string of the molecule is CCOC(=O)C(C)(CSc1nnc(C)s1)NC(C)C. The fraction of sp³-hybridized carbons (Fsp3) is 0.750. The molecule has 1 unspecified atom stereocenters. The second-order valence-electron chi connectivity index (χ2n) is 4.73. The zero-order chi connectivity index (χ0) is 14.5. The van der Waals surface area contributed by atoms with Crippen molar-refractivity contribution in [2.75, 3.05) is 12.4 Å². The van der Waals surface area contributed by atoms with Gasteiger partial charge in [-0.05, 0) is 34.6 Å². The predicted molar refractivity (Wildman–Crippen MR) is 78.7 cm³/mol. The largest absolute Gasteiger partial charge is 0.465 e. The van der Waals surface area contributed by atoms with Crippen LogP contribution in [0.1, 0.15) is 32.7 Å². The summed E-state index contributed by atoms with van der Waals surface area (Å²) in [5.74, 6) is 0.344. The predicted octanol–water partition coefficient (Wildman–Crippen LogP) is 2.26. The van der Waals surface area contributed by atoms with Gasteiger partial charge in [0.25, 0.3) is 0 Å². The van der Waals surface area contributed by atoms with Gasteiger partial charge in [-0.2, -0.15) is 0 Å². The Kier molecular flexibility index (Phi) is 6.22. The standard InChI is InChI=1S/C12H21N3O2S2/c1-6-17-10(16)12(5,13-8(2)3)7-18-11-15-14-9(4)19-11/h8,13H,6-7H2,1-5H3. The van der Waals surface area contributed by atoms with E-state index in [0.717, 1.165) is 9.35 Å². The van der Waals surface area contributed by atoms with Gasteiger partial charge in [-0.3, -0.25) is 10.1 Å². The van der Waals surface area contributed by atoms with Crippen LogP contribution in [0.3, 0.4) is 0 Å². The average molecular weight is 303 g/mol. The van der Waals surface area contributed by atoms with Crippen LogP contribution in [0.15, 0.2) is 4.34 Å². The highest BCUT2D eigenvalue weighted by Crippen LogP contribution is 2.26. The van der Waals surface area contributed by atoms with E-state index in [1.54, 1.807) is 0 Å². The minimum absolute atomic E-state index is 0.200. The second kappa shape index (κ2) is 7.21. The highest BCUT2D eigenvalue weighted by atomic mass is 32.2. The maximum Gasteiger partial charge on any atom is 0.326 e. The minimum atomic E-state index is -0.714. The number of rotatable bonds is 7. The topological polar surface area (TPSA) is 64.1 Å². The van der Waals surface area contributed by atoms with E-state index in [4.69, 9.17) is 4.74 Å². The van der Waals surface area contributed by atoms with Crippen molar-refractivity contribution in [2.24, 2.45) is 0 Å². The summed E-state index contributed by atoms with van der Waals surface area (Å²) >= 11 is 3.06. The molecule has 1 N–H and O–H groups in total. The van der Waals surface area contributed by atoms with Gasteiger partial charge in [0, 0.05) is 11.8 Å². The van der Waals surface area contributed by atoms with Crippen LogP contribution < -0.4 is 5.32 Å². The number of carbonyl (C=O) groups excluding carboxylic acids is 1. The third-order valence-corrected chi connectivity index (χ3v) is 4.61. The number of esters is 1. The van der Waals surface area contributed by atoms with Gasteiger partial charge in [-0.25, -0.2) is 0 Å². The van der Waals surface area contributed by atoms with Crippen LogP contribution in [0.25, 0.3) is 0 Å². The number of hydrogen-bond acceptors (Lipinski definition) is 7. The third-order valence-electron chi connectivity index (χ3n) is 2.33. The molecule has 1 rings (SSSR count). The number of carbonyl (C=O) groups is 1. The Morgan fingerprint density at radius 2 is 2.21 bits per heavy atom. The fourth-order valence-electron chi connectivity index (χ4n) is 1.63. The molecule has 0 radical (unpaired) electrons. The number of aryl methyl sites for hydroxylation is 1. The first-order valence-electron chi connectivity index (χ1n) is 6.25. The lowest BCUT2D eigenvalue weighted by molar-refractivity contribution is -0.149. The molecule has 0 aliphatic carbocycles. The molecule has 0 spiro atoms. The molecular weight excluding hydrogens is 282 g/mol. The van der Waals surface area contributed by atoms with Crippen molar-refractivity contribution in [3.63, 3.8) is 0 Å². The summed E-state index contributed by atoms with van der Waals surface area (Å²) in [6, 6.07) is 0.200. The van der Waals surface area contributed by atoms with Gasteiger partial charge in [0.2, 0.25) is 0 Å². The number of nitrogens with one attached hydrogen (secondary N) is 1. The molecule has 0 aliphatic rings. The van der Waals surface area contributed by atoms with E-state index in [1.165, 1.54) is 23.1 Å². The van der Waals surface area contributed by atoms with E-state index in [2.05, 4.69) is 15.5 Å². The van der Waals surface area contributed by atoms with Crippen LogP contribution in [0.4, 0.5) is 0 Å². The first-order chi connectivity index (χ1) is 8.87. The molecule has 0 saturated heterocycles. The van der Waals surface area contributed by atoms with Crippen molar-refractivity contribution in [3.8, 4) is 0 Å². The maximum atomic E-state index is 12.1. The van der Waals surface area contributed by atoms with Crippen molar-refractivity contribution in [2.45, 2.75) is 50.5 Å². The second-order valence-corrected chi connectivity index (χ2v) is 7.13. The number of nitrogens with zero attached hydrogens (tertiary/aromatic N) is 2. The van der Waals surface area contributed by atoms with Crippen LogP contribution in [0.5, 0.6) is 0 Å². The van der Waals surface area contributed by atoms with Crippen LogP contribution in [-0.4, -0.2) is 40.1 Å². The Labute approximate surface area is 122 Å². The van der Waals surface area contributed by atoms with Crippen molar-refractivity contribution in [3.05, 3.63) is 5.01 Å². The Bertz CT molecular complexity index is 423. The van der Waals surface area contributed by atoms with Gasteiger partial charge in [0.05, 0.1) is 6.61 Å². The third kappa shape index (κ3) is 5.08. The summed E-state index contributed by atoms with van der Waals surface area (Å²) in [5.41, 5.74) is -0.714. The lowest BCUT2D eigenvalue weighted by atomic mass is 10.0. The first kappa shape index (κ1) is 16.4. The number of aromatic nitrogens is 2. The van der Waals surface area contributed by atoms with Crippen LogP contribution in [0, 0.1) is 6.92 Å². The Morgan fingerprint density at radius 3 is 2.68 bits per heavy atom. The summed E-state index contributed by atoms with van der Waals surface area (Å²) in [6.45, 7) is 10.0. The highest BCUT2D eigenvalue weighted by molar-refractivity contribution is 8.01. The smallest absolute Gasteiger partial charge is 0.326 e. The van der Waals surface area contributed by atoms with E-state index in [0.29, 0.717) is 12.4 Å². The molecule has 0 bridgehead atoms. The first-order valence-corrected chi connectivity index (χ1v) is 8.05. The molecular formula is C12H21N3O2S2. The molecule has 108 valence electrons. The van der Waals surface area contributed by atoms with E-state index in [9.17, 15) is 4.79 Å². The normalized spacial score (nSPS) is 14.4. The Hall–Kier alpha value is -0.660. The molecule has 0 fully saturated rings.